The fourth-order valence-electron chi connectivity index (χ4n) is 4.29. The third-order valence-corrected chi connectivity index (χ3v) is 6.59. The zero-order chi connectivity index (χ0) is 33.5. The Morgan fingerprint density at radius 1 is 1.00 bits per heavy atom. The predicted molar refractivity (Wildman–Crippen MR) is 156 cm³/mol. The Labute approximate surface area is 263 Å². The Morgan fingerprint density at radius 2 is 1.72 bits per heavy atom. The lowest BCUT2D eigenvalue weighted by Gasteiger charge is -2.31. The maximum Gasteiger partial charge on any atom is 0.333 e. The zero-order valence-corrected chi connectivity index (χ0v) is 25.1. The molecule has 1 fully saturated rings. The highest BCUT2D eigenvalue weighted by atomic mass is 16.7. The molecule has 3 N–H and O–H groups in total. The molecule has 0 bridgehead atoms. The smallest absolute Gasteiger partial charge is 0.333 e. The molecule has 0 radical (unpaired) electrons. The molecular weight excluding hydrogens is 612 g/mol. The van der Waals surface area contributed by atoms with Gasteiger partial charge >= 0.3 is 11.9 Å². The molecule has 17 heteroatoms. The van der Waals surface area contributed by atoms with Gasteiger partial charge in [-0.05, 0) is 17.7 Å². The summed E-state index contributed by atoms with van der Waals surface area (Å²) in [6.07, 6.45) is -0.207. The van der Waals surface area contributed by atoms with Gasteiger partial charge in [-0.1, -0.05) is 11.2 Å². The van der Waals surface area contributed by atoms with E-state index in [0.29, 0.717) is 5.56 Å². The van der Waals surface area contributed by atoms with Crippen molar-refractivity contribution in [2.45, 2.75) is 57.6 Å². The molecule has 3 atom stereocenters. The van der Waals surface area contributed by atoms with Gasteiger partial charge in [0.25, 0.3) is 11.8 Å². The van der Waals surface area contributed by atoms with Gasteiger partial charge in [0.2, 0.25) is 18.1 Å². The number of carbonyl (C=O) groups is 6. The molecule has 46 heavy (non-hydrogen) atoms. The lowest BCUT2D eigenvalue weighted by Crippen LogP contribution is -2.42. The second-order valence-corrected chi connectivity index (χ2v) is 10.1. The summed E-state index contributed by atoms with van der Waals surface area (Å²) in [4.78, 5) is 82.6. The average Bonchev–Trinajstić information content (AvgIpc) is 3.34. The van der Waals surface area contributed by atoms with Crippen LogP contribution in [0.2, 0.25) is 0 Å². The molecule has 1 aromatic rings. The quantitative estimate of drug-likeness (QED) is 0.0811. The number of amides is 4. The number of ether oxygens (including phenoxy) is 5. The molecule has 17 nitrogen and oxygen atoms in total. The summed E-state index contributed by atoms with van der Waals surface area (Å²) >= 11 is 0. The summed E-state index contributed by atoms with van der Waals surface area (Å²) < 4.78 is 26.9. The van der Waals surface area contributed by atoms with Crippen molar-refractivity contribution in [1.82, 2.24) is 10.2 Å². The summed E-state index contributed by atoms with van der Waals surface area (Å²) in [6.45, 7) is 1.99. The van der Waals surface area contributed by atoms with Crippen molar-refractivity contribution in [2.75, 3.05) is 44.8 Å². The zero-order valence-electron chi connectivity index (χ0n) is 25.1. The Bertz CT molecular complexity index is 1300. The third-order valence-electron chi connectivity index (χ3n) is 6.59. The van der Waals surface area contributed by atoms with Crippen molar-refractivity contribution in [3.8, 4) is 5.75 Å². The van der Waals surface area contributed by atoms with E-state index < -0.39 is 36.3 Å². The number of hydrogen-bond acceptors (Lipinski definition) is 13. The van der Waals surface area contributed by atoms with Crippen LogP contribution in [0.3, 0.4) is 0 Å². The van der Waals surface area contributed by atoms with E-state index in [0.717, 1.165) is 4.90 Å². The van der Waals surface area contributed by atoms with Crippen LogP contribution in [0.25, 0.3) is 0 Å². The van der Waals surface area contributed by atoms with Crippen molar-refractivity contribution in [1.29, 1.82) is 0 Å². The molecule has 3 unspecified atom stereocenters. The maximum atomic E-state index is 12.7. The Balaban J connectivity index is 1.40. The number of nitrogens with zero attached hydrogens (tertiary/aromatic N) is 2. The molecule has 250 valence electrons. The van der Waals surface area contributed by atoms with Crippen LogP contribution < -0.4 is 15.4 Å². The number of aliphatic carboxylic acids is 1. The molecule has 2 aliphatic heterocycles. The Kier molecular flexibility index (Phi) is 14.2. The number of hydrogen-bond donors (Lipinski definition) is 3. The number of esters is 1. The van der Waals surface area contributed by atoms with Gasteiger partial charge in [-0.15, -0.1) is 0 Å². The highest BCUT2D eigenvalue weighted by Crippen LogP contribution is 2.31. The first-order valence-corrected chi connectivity index (χ1v) is 14.4. The molecule has 3 rings (SSSR count). The average molecular weight is 649 g/mol. The van der Waals surface area contributed by atoms with Gasteiger partial charge < -0.3 is 39.4 Å². The van der Waals surface area contributed by atoms with Crippen LogP contribution >= 0.6 is 0 Å². The lowest BCUT2D eigenvalue weighted by molar-refractivity contribution is -0.183. The molecule has 0 aliphatic carbocycles. The second kappa shape index (κ2) is 18.3. The molecule has 2 heterocycles. The van der Waals surface area contributed by atoms with Gasteiger partial charge in [-0.3, -0.25) is 28.9 Å². The summed E-state index contributed by atoms with van der Waals surface area (Å²) in [5, 5.41) is 17.5. The first-order chi connectivity index (χ1) is 22.0. The molecule has 0 spiro atoms. The molecular formula is C29H36N4O13. The fraction of sp³-hybridized carbons (Fsp3) is 0.517. The van der Waals surface area contributed by atoms with E-state index in [1.165, 1.54) is 31.2 Å². The van der Waals surface area contributed by atoms with Crippen molar-refractivity contribution >= 4 is 41.3 Å². The van der Waals surface area contributed by atoms with E-state index in [1.807, 2.05) is 0 Å². The number of carboxylic acids is 1. The van der Waals surface area contributed by atoms with Gasteiger partial charge in [0.1, 0.15) is 18.4 Å². The van der Waals surface area contributed by atoms with E-state index in [4.69, 9.17) is 23.7 Å². The largest absolute Gasteiger partial charge is 0.479 e. The van der Waals surface area contributed by atoms with Crippen LogP contribution in [0.15, 0.2) is 35.5 Å². The maximum absolute atomic E-state index is 12.7. The van der Waals surface area contributed by atoms with Gasteiger partial charge in [0.05, 0.1) is 38.7 Å². The van der Waals surface area contributed by atoms with Crippen LogP contribution in [-0.4, -0.2) is 104 Å². The number of nitroso groups, excluding NO2 is 1. The van der Waals surface area contributed by atoms with Crippen molar-refractivity contribution in [2.24, 2.45) is 5.18 Å². The van der Waals surface area contributed by atoms with Crippen molar-refractivity contribution < 1.29 is 57.6 Å². The topological polar surface area (TPSA) is 226 Å². The number of benzene rings is 1. The minimum absolute atomic E-state index is 0.000375. The number of rotatable bonds is 19. The van der Waals surface area contributed by atoms with Crippen LogP contribution in [0.5, 0.6) is 5.75 Å². The van der Waals surface area contributed by atoms with Gasteiger partial charge in [0.15, 0.2) is 6.10 Å². The van der Waals surface area contributed by atoms with Crippen molar-refractivity contribution in [3.63, 3.8) is 0 Å². The molecule has 2 aliphatic rings. The van der Waals surface area contributed by atoms with Gasteiger partial charge in [-0.2, -0.15) is 4.91 Å². The van der Waals surface area contributed by atoms with E-state index >= 15 is 0 Å². The summed E-state index contributed by atoms with van der Waals surface area (Å²) in [6, 6.07) is 3.72. The van der Waals surface area contributed by atoms with Gasteiger partial charge in [-0.25, -0.2) is 4.79 Å². The summed E-state index contributed by atoms with van der Waals surface area (Å²) in [5.74, 6) is -3.26. The minimum atomic E-state index is -1.30. The predicted octanol–water partition coefficient (Wildman–Crippen LogP) is 0.646. The molecule has 1 aromatic carbocycles. The Morgan fingerprint density at radius 3 is 2.39 bits per heavy atom. The lowest BCUT2D eigenvalue weighted by atomic mass is 10.0. The molecule has 0 saturated carbocycles. The van der Waals surface area contributed by atoms with E-state index in [1.54, 1.807) is 6.07 Å². The fourth-order valence-corrected chi connectivity index (χ4v) is 4.29. The van der Waals surface area contributed by atoms with Crippen LogP contribution in [0.1, 0.15) is 38.2 Å². The van der Waals surface area contributed by atoms with E-state index in [9.17, 15) is 38.8 Å². The number of nitrogens with one attached hydrogen (secondary N) is 2. The number of carboxylic acid groups (broad SMARTS) is 1. The number of imide groups is 1. The highest BCUT2D eigenvalue weighted by Gasteiger charge is 2.36. The summed E-state index contributed by atoms with van der Waals surface area (Å²) in [5.41, 5.74) is 0.689. The number of carbonyl (C=O) groups excluding carboxylic acids is 5. The van der Waals surface area contributed by atoms with E-state index in [2.05, 4.69) is 15.8 Å². The highest BCUT2D eigenvalue weighted by molar-refractivity contribution is 6.12. The first-order valence-electron chi connectivity index (χ1n) is 14.4. The second-order valence-electron chi connectivity index (χ2n) is 10.1. The first kappa shape index (κ1) is 35.7. The molecule has 0 aromatic heterocycles. The minimum Gasteiger partial charge on any atom is -0.479 e. The van der Waals surface area contributed by atoms with Crippen LogP contribution in [0.4, 0.5) is 5.69 Å². The van der Waals surface area contributed by atoms with Crippen LogP contribution in [0, 0.1) is 4.91 Å². The summed E-state index contributed by atoms with van der Waals surface area (Å²) in [7, 11) is 0. The van der Waals surface area contributed by atoms with E-state index in [-0.39, 0.29) is 101 Å². The Hall–Kier alpha value is -4.74. The normalized spacial score (nSPS) is 19.1. The SMILES string of the molecule is CC(=O)OCc1ccc(OC2CC(N=O)CC(C(=O)O)O2)c(NC(=O)CCNC(=O)CCOCCOCCN2C(=O)C=CC2=O)c1. The molecule has 4 amide bonds. The third kappa shape index (κ3) is 12.0. The van der Waals surface area contributed by atoms with Crippen LogP contribution in [-0.2, 0) is 54.3 Å². The van der Waals surface area contributed by atoms with Crippen molar-refractivity contribution in [3.05, 3.63) is 40.8 Å². The standard InChI is InChI=1S/C29H36N4O13/c1-18(34)44-17-19-2-3-22(45-28-16-20(32-41)15-23(46-28)29(39)40)21(14-19)31-25(36)6-8-30-24(35)7-10-42-12-13-43-11-9-33-26(37)4-5-27(33)38/h2-5,14,20,23,28H,6-13,15-17H2,1H3,(H,30,35)(H,31,36)(H,39,40). The molecule has 1 saturated heterocycles. The van der Waals surface area contributed by atoms with Gasteiger partial charge in [0, 0.05) is 51.3 Å². The monoisotopic (exact) mass is 648 g/mol. The number of anilines is 1.